The van der Waals surface area contributed by atoms with Crippen molar-refractivity contribution in [2.75, 3.05) is 0 Å². The predicted octanol–water partition coefficient (Wildman–Crippen LogP) is 0.985. The highest BCUT2D eigenvalue weighted by molar-refractivity contribution is 5.86. The molecular formula is C6H8O. The maximum atomic E-state index is 10.6. The van der Waals surface area contributed by atoms with Gasteiger partial charge in [-0.05, 0) is 18.8 Å². The lowest BCUT2D eigenvalue weighted by Crippen LogP contribution is -1.91. The minimum atomic E-state index is 0.532. The first-order valence-electron chi connectivity index (χ1n) is 2.90. The number of Topliss-reactive ketones (excluding diaryl/α,β-unsaturated/α-hetero) is 1. The molecule has 2 rings (SSSR count). The minimum Gasteiger partial charge on any atom is -0.299 e. The van der Waals surface area contributed by atoms with Crippen molar-refractivity contribution in [2.24, 2.45) is 11.8 Å². The average Bonchev–Trinajstić information content (AvgIpc) is 2.33. The van der Waals surface area contributed by atoms with Gasteiger partial charge in [0.05, 0.1) is 0 Å². The zero-order valence-electron chi connectivity index (χ0n) is 4.18. The van der Waals surface area contributed by atoms with E-state index in [1.54, 1.807) is 0 Å². The first kappa shape index (κ1) is 3.65. The molecule has 0 amide bonds. The molecule has 0 unspecified atom stereocenters. The summed E-state index contributed by atoms with van der Waals surface area (Å²) in [7, 11) is 0. The van der Waals surface area contributed by atoms with E-state index in [4.69, 9.17) is 0 Å². The van der Waals surface area contributed by atoms with E-state index in [9.17, 15) is 4.79 Å². The van der Waals surface area contributed by atoms with Gasteiger partial charge in [-0.25, -0.2) is 0 Å². The van der Waals surface area contributed by atoms with Crippen molar-refractivity contribution in [2.45, 2.75) is 19.3 Å². The van der Waals surface area contributed by atoms with Crippen LogP contribution in [0.1, 0.15) is 19.3 Å². The van der Waals surface area contributed by atoms with E-state index in [0.29, 0.717) is 11.7 Å². The van der Waals surface area contributed by atoms with Crippen LogP contribution in [0.2, 0.25) is 0 Å². The molecule has 0 aliphatic heterocycles. The summed E-state index contributed by atoms with van der Waals surface area (Å²) in [6.45, 7) is 0. The molecular weight excluding hydrogens is 88.1 g/mol. The van der Waals surface area contributed by atoms with Crippen LogP contribution in [-0.4, -0.2) is 5.78 Å². The molecule has 0 N–H and O–H groups in total. The molecule has 2 atom stereocenters. The predicted molar refractivity (Wildman–Crippen MR) is 25.8 cm³/mol. The highest BCUT2D eigenvalue weighted by Crippen LogP contribution is 2.49. The van der Waals surface area contributed by atoms with E-state index in [-0.39, 0.29) is 0 Å². The largest absolute Gasteiger partial charge is 0.299 e. The summed E-state index contributed by atoms with van der Waals surface area (Å²) in [5.74, 6) is 1.91. The Morgan fingerprint density at radius 1 is 1.57 bits per heavy atom. The Labute approximate surface area is 42.7 Å². The normalized spacial score (nSPS) is 46.6. The van der Waals surface area contributed by atoms with E-state index in [2.05, 4.69) is 0 Å². The molecule has 0 bridgehead atoms. The van der Waals surface area contributed by atoms with Crippen LogP contribution in [0.15, 0.2) is 0 Å². The van der Waals surface area contributed by atoms with Crippen LogP contribution < -0.4 is 0 Å². The summed E-state index contributed by atoms with van der Waals surface area (Å²) in [6, 6.07) is 0. The summed E-state index contributed by atoms with van der Waals surface area (Å²) in [4.78, 5) is 10.6. The van der Waals surface area contributed by atoms with Gasteiger partial charge in [-0.3, -0.25) is 4.79 Å². The lowest BCUT2D eigenvalue weighted by molar-refractivity contribution is -0.119. The third kappa shape index (κ3) is 0.355. The summed E-state index contributed by atoms with van der Waals surface area (Å²) in [6.07, 6.45) is 3.30. The van der Waals surface area contributed by atoms with Gasteiger partial charge in [-0.15, -0.1) is 0 Å². The Kier molecular flexibility index (Phi) is 0.473. The summed E-state index contributed by atoms with van der Waals surface area (Å²) in [5.41, 5.74) is 0. The van der Waals surface area contributed by atoms with Crippen molar-refractivity contribution in [3.05, 3.63) is 0 Å². The number of rotatable bonds is 0. The second kappa shape index (κ2) is 0.908. The van der Waals surface area contributed by atoms with Gasteiger partial charge in [-0.1, -0.05) is 0 Å². The Morgan fingerprint density at radius 2 is 2.43 bits per heavy atom. The number of ketones is 1. The second-order valence-corrected chi connectivity index (χ2v) is 2.61. The quantitative estimate of drug-likeness (QED) is 0.439. The summed E-state index contributed by atoms with van der Waals surface area (Å²) < 4.78 is 0. The molecule has 0 aromatic rings. The molecule has 7 heavy (non-hydrogen) atoms. The molecule has 2 saturated carbocycles. The zero-order chi connectivity index (χ0) is 4.85. The summed E-state index contributed by atoms with van der Waals surface area (Å²) >= 11 is 0. The smallest absolute Gasteiger partial charge is 0.136 e. The molecule has 38 valence electrons. The van der Waals surface area contributed by atoms with Gasteiger partial charge in [0.1, 0.15) is 5.78 Å². The minimum absolute atomic E-state index is 0.532. The van der Waals surface area contributed by atoms with Crippen molar-refractivity contribution in [3.8, 4) is 0 Å². The van der Waals surface area contributed by atoms with Crippen LogP contribution in [0.3, 0.4) is 0 Å². The van der Waals surface area contributed by atoms with E-state index >= 15 is 0 Å². The van der Waals surface area contributed by atoms with Crippen molar-refractivity contribution < 1.29 is 4.79 Å². The Balaban J connectivity index is 2.21. The Hall–Kier alpha value is -0.330. The molecule has 1 nitrogen and oxygen atoms in total. The fourth-order valence-corrected chi connectivity index (χ4v) is 1.47. The van der Waals surface area contributed by atoms with Crippen LogP contribution in [0.5, 0.6) is 0 Å². The topological polar surface area (TPSA) is 17.1 Å². The SMILES string of the molecule is O=C1CC[C@@H]2C[C@@H]12. The first-order valence-corrected chi connectivity index (χ1v) is 2.90. The van der Waals surface area contributed by atoms with Crippen LogP contribution in [0, 0.1) is 11.8 Å². The fraction of sp³-hybridized carbons (Fsp3) is 0.833. The van der Waals surface area contributed by atoms with Gasteiger partial charge in [-0.2, -0.15) is 0 Å². The van der Waals surface area contributed by atoms with Crippen LogP contribution in [0.4, 0.5) is 0 Å². The highest BCUT2D eigenvalue weighted by Gasteiger charge is 2.47. The maximum absolute atomic E-state index is 10.6. The first-order chi connectivity index (χ1) is 3.38. The summed E-state index contributed by atoms with van der Waals surface area (Å²) in [5, 5.41) is 0. The average molecular weight is 96.1 g/mol. The number of carbonyl (C=O) groups is 1. The van der Waals surface area contributed by atoms with E-state index in [0.717, 1.165) is 12.3 Å². The standard InChI is InChI=1S/C6H8O/c7-6-2-1-4-3-5(4)6/h4-5H,1-3H2/t4-,5-/m1/s1. The monoisotopic (exact) mass is 96.1 g/mol. The van der Waals surface area contributed by atoms with Crippen molar-refractivity contribution in [1.82, 2.24) is 0 Å². The molecule has 1 heteroatoms. The number of fused-ring (bicyclic) bond motifs is 1. The molecule has 2 aliphatic carbocycles. The van der Waals surface area contributed by atoms with Gasteiger partial charge < -0.3 is 0 Å². The fourth-order valence-electron chi connectivity index (χ4n) is 1.47. The highest BCUT2D eigenvalue weighted by atomic mass is 16.1. The van der Waals surface area contributed by atoms with Gasteiger partial charge in [0.2, 0.25) is 0 Å². The van der Waals surface area contributed by atoms with Crippen LogP contribution in [0.25, 0.3) is 0 Å². The third-order valence-corrected chi connectivity index (χ3v) is 2.10. The van der Waals surface area contributed by atoms with Crippen LogP contribution >= 0.6 is 0 Å². The lowest BCUT2D eigenvalue weighted by Gasteiger charge is -1.82. The van der Waals surface area contributed by atoms with Crippen molar-refractivity contribution in [1.29, 1.82) is 0 Å². The molecule has 2 aliphatic rings. The van der Waals surface area contributed by atoms with Crippen molar-refractivity contribution in [3.63, 3.8) is 0 Å². The molecule has 0 aromatic carbocycles. The number of hydrogen-bond donors (Lipinski definition) is 0. The van der Waals surface area contributed by atoms with Gasteiger partial charge >= 0.3 is 0 Å². The molecule has 0 heterocycles. The zero-order valence-corrected chi connectivity index (χ0v) is 4.18. The van der Waals surface area contributed by atoms with E-state index < -0.39 is 0 Å². The molecule has 0 radical (unpaired) electrons. The van der Waals surface area contributed by atoms with Crippen molar-refractivity contribution >= 4 is 5.78 Å². The third-order valence-electron chi connectivity index (χ3n) is 2.10. The van der Waals surface area contributed by atoms with Gasteiger partial charge in [0, 0.05) is 12.3 Å². The number of hydrogen-bond acceptors (Lipinski definition) is 1. The van der Waals surface area contributed by atoms with Crippen LogP contribution in [-0.2, 0) is 4.79 Å². The number of carbonyl (C=O) groups excluding carboxylic acids is 1. The molecule has 0 saturated heterocycles. The lowest BCUT2D eigenvalue weighted by atomic mass is 10.2. The maximum Gasteiger partial charge on any atom is 0.136 e. The molecule has 0 spiro atoms. The van der Waals surface area contributed by atoms with E-state index in [1.807, 2.05) is 0 Å². The molecule has 0 aromatic heterocycles. The Bertz CT molecular complexity index is 117. The van der Waals surface area contributed by atoms with Gasteiger partial charge in [0.25, 0.3) is 0 Å². The van der Waals surface area contributed by atoms with Gasteiger partial charge in [0.15, 0.2) is 0 Å². The van der Waals surface area contributed by atoms with E-state index in [1.165, 1.54) is 12.8 Å². The Morgan fingerprint density at radius 3 is 2.57 bits per heavy atom. The second-order valence-electron chi connectivity index (χ2n) is 2.61. The molecule has 2 fully saturated rings.